The van der Waals surface area contributed by atoms with Gasteiger partial charge in [-0.2, -0.15) is 0 Å². The van der Waals surface area contributed by atoms with Crippen molar-refractivity contribution in [3.05, 3.63) is 23.8 Å². The molecular weight excluding hydrogens is 328 g/mol. The van der Waals surface area contributed by atoms with E-state index < -0.39 is 0 Å². The third-order valence-electron chi connectivity index (χ3n) is 4.09. The lowest BCUT2D eigenvalue weighted by Gasteiger charge is -2.32. The molecule has 0 fully saturated rings. The number of hydrogen-bond donors (Lipinski definition) is 2. The average Bonchev–Trinajstić information content (AvgIpc) is 2.53. The van der Waals surface area contributed by atoms with Gasteiger partial charge in [0.25, 0.3) is 0 Å². The molecule has 1 aliphatic rings. The summed E-state index contributed by atoms with van der Waals surface area (Å²) in [6, 6.07) is 5.82. The molecule has 1 aromatic carbocycles. The molecule has 6 nitrogen and oxygen atoms in total. The standard InChI is InChI=1S/C17H26N4O2.ClH/c1-3-9-19-16(22)11-20(2)17(23)12-21-10-5-6-13-14(18)7-4-8-15(13)21;/h4,7-8H,3,5-6,9-12,18H2,1-2H3,(H,19,22);1H. The molecule has 0 saturated heterocycles. The van der Waals surface area contributed by atoms with Crippen LogP contribution in [0.15, 0.2) is 18.2 Å². The number of nitrogens with two attached hydrogens (primary N) is 1. The van der Waals surface area contributed by atoms with Crippen molar-refractivity contribution in [1.82, 2.24) is 10.2 Å². The van der Waals surface area contributed by atoms with Crippen LogP contribution in [0.3, 0.4) is 0 Å². The summed E-state index contributed by atoms with van der Waals surface area (Å²) in [5.74, 6) is -0.182. The summed E-state index contributed by atoms with van der Waals surface area (Å²) in [5, 5.41) is 2.78. The predicted octanol–water partition coefficient (Wildman–Crippen LogP) is 1.43. The van der Waals surface area contributed by atoms with Gasteiger partial charge in [0.2, 0.25) is 11.8 Å². The van der Waals surface area contributed by atoms with Crippen LogP contribution < -0.4 is 16.0 Å². The lowest BCUT2D eigenvalue weighted by atomic mass is 10.00. The van der Waals surface area contributed by atoms with Crippen LogP contribution in [0.1, 0.15) is 25.3 Å². The Balaban J connectivity index is 0.00000288. The largest absolute Gasteiger partial charge is 0.398 e. The van der Waals surface area contributed by atoms with E-state index in [1.54, 1.807) is 7.05 Å². The monoisotopic (exact) mass is 354 g/mol. The molecule has 2 amide bonds. The Kier molecular flexibility index (Phi) is 7.85. The van der Waals surface area contributed by atoms with Crippen molar-refractivity contribution in [2.24, 2.45) is 0 Å². The lowest BCUT2D eigenvalue weighted by molar-refractivity contribution is -0.133. The number of nitrogens with zero attached hydrogens (tertiary/aromatic N) is 2. The quantitative estimate of drug-likeness (QED) is 0.757. The molecule has 3 N–H and O–H groups in total. The molecule has 0 aliphatic carbocycles. The first-order chi connectivity index (χ1) is 11.0. The number of nitrogen functional groups attached to an aromatic ring is 1. The number of anilines is 2. The number of hydrogen-bond acceptors (Lipinski definition) is 4. The second kappa shape index (κ2) is 9.37. The smallest absolute Gasteiger partial charge is 0.242 e. The van der Waals surface area contributed by atoms with Gasteiger partial charge in [0.05, 0.1) is 13.1 Å². The zero-order valence-electron chi connectivity index (χ0n) is 14.4. The van der Waals surface area contributed by atoms with E-state index in [1.165, 1.54) is 4.90 Å². The Morgan fingerprint density at radius 3 is 2.83 bits per heavy atom. The molecule has 134 valence electrons. The minimum atomic E-state index is -0.119. The Labute approximate surface area is 149 Å². The Bertz CT molecular complexity index is 580. The van der Waals surface area contributed by atoms with Crippen LogP contribution in [-0.2, 0) is 16.0 Å². The number of amides is 2. The van der Waals surface area contributed by atoms with Crippen molar-refractivity contribution in [2.45, 2.75) is 26.2 Å². The van der Waals surface area contributed by atoms with Crippen molar-refractivity contribution in [3.8, 4) is 0 Å². The van der Waals surface area contributed by atoms with Crippen LogP contribution in [0.5, 0.6) is 0 Å². The Hall–Kier alpha value is -1.95. The first-order valence-electron chi connectivity index (χ1n) is 8.16. The molecule has 0 spiro atoms. The summed E-state index contributed by atoms with van der Waals surface area (Å²) < 4.78 is 0. The third-order valence-corrected chi connectivity index (χ3v) is 4.09. The fraction of sp³-hybridized carbons (Fsp3) is 0.529. The number of rotatable bonds is 6. The summed E-state index contributed by atoms with van der Waals surface area (Å²) in [6.07, 6.45) is 2.81. The molecule has 1 aromatic rings. The van der Waals surface area contributed by atoms with Gasteiger partial charge >= 0.3 is 0 Å². The van der Waals surface area contributed by atoms with Gasteiger partial charge < -0.3 is 20.9 Å². The zero-order chi connectivity index (χ0) is 16.8. The maximum absolute atomic E-state index is 12.4. The van der Waals surface area contributed by atoms with E-state index in [0.717, 1.165) is 42.7 Å². The van der Waals surface area contributed by atoms with Gasteiger partial charge in [-0.1, -0.05) is 13.0 Å². The Morgan fingerprint density at radius 1 is 1.38 bits per heavy atom. The van der Waals surface area contributed by atoms with E-state index in [-0.39, 0.29) is 37.3 Å². The second-order valence-electron chi connectivity index (χ2n) is 5.97. The first kappa shape index (κ1) is 20.1. The summed E-state index contributed by atoms with van der Waals surface area (Å²) in [4.78, 5) is 27.6. The minimum absolute atomic E-state index is 0. The maximum Gasteiger partial charge on any atom is 0.242 e. The van der Waals surface area contributed by atoms with E-state index >= 15 is 0 Å². The van der Waals surface area contributed by atoms with Crippen molar-refractivity contribution in [3.63, 3.8) is 0 Å². The minimum Gasteiger partial charge on any atom is -0.398 e. The van der Waals surface area contributed by atoms with Crippen LogP contribution in [0, 0.1) is 0 Å². The van der Waals surface area contributed by atoms with E-state index in [0.29, 0.717) is 6.54 Å². The summed E-state index contributed by atoms with van der Waals surface area (Å²) >= 11 is 0. The number of likely N-dealkylation sites (N-methyl/N-ethyl adjacent to an activating group) is 1. The zero-order valence-corrected chi connectivity index (χ0v) is 15.2. The predicted molar refractivity (Wildman–Crippen MR) is 99.6 cm³/mol. The normalized spacial score (nSPS) is 12.8. The number of nitrogens with one attached hydrogen (secondary N) is 1. The number of fused-ring (bicyclic) bond motifs is 1. The van der Waals surface area contributed by atoms with Crippen molar-refractivity contribution in [1.29, 1.82) is 0 Å². The summed E-state index contributed by atoms with van der Waals surface area (Å²) in [7, 11) is 1.66. The van der Waals surface area contributed by atoms with Crippen LogP contribution in [-0.4, -0.2) is 49.9 Å². The molecule has 1 aliphatic heterocycles. The first-order valence-corrected chi connectivity index (χ1v) is 8.16. The topological polar surface area (TPSA) is 78.7 Å². The van der Waals surface area contributed by atoms with Gasteiger partial charge in [0, 0.05) is 31.5 Å². The molecular formula is C17H27ClN4O2. The van der Waals surface area contributed by atoms with Crippen LogP contribution in [0.2, 0.25) is 0 Å². The SMILES string of the molecule is CCCNC(=O)CN(C)C(=O)CN1CCCc2c(N)cccc21.Cl. The highest BCUT2D eigenvalue weighted by Gasteiger charge is 2.22. The van der Waals surface area contributed by atoms with Gasteiger partial charge in [-0.15, -0.1) is 12.4 Å². The maximum atomic E-state index is 12.4. The van der Waals surface area contributed by atoms with E-state index in [2.05, 4.69) is 10.2 Å². The molecule has 0 atom stereocenters. The fourth-order valence-electron chi connectivity index (χ4n) is 2.80. The van der Waals surface area contributed by atoms with Crippen molar-refractivity contribution >= 4 is 35.6 Å². The molecule has 2 rings (SSSR count). The van der Waals surface area contributed by atoms with Crippen molar-refractivity contribution in [2.75, 3.05) is 43.9 Å². The molecule has 0 bridgehead atoms. The number of carbonyl (C=O) groups excluding carboxylic acids is 2. The van der Waals surface area contributed by atoms with E-state index in [9.17, 15) is 9.59 Å². The fourth-order valence-corrected chi connectivity index (χ4v) is 2.80. The Morgan fingerprint density at radius 2 is 2.12 bits per heavy atom. The summed E-state index contributed by atoms with van der Waals surface area (Å²) in [5.41, 5.74) is 8.97. The lowest BCUT2D eigenvalue weighted by Crippen LogP contribution is -2.44. The highest BCUT2D eigenvalue weighted by Crippen LogP contribution is 2.30. The van der Waals surface area contributed by atoms with E-state index in [1.807, 2.05) is 25.1 Å². The summed E-state index contributed by atoms with van der Waals surface area (Å²) in [6.45, 7) is 3.83. The van der Waals surface area contributed by atoms with Crippen molar-refractivity contribution < 1.29 is 9.59 Å². The third kappa shape index (κ3) is 5.03. The van der Waals surface area contributed by atoms with E-state index in [4.69, 9.17) is 5.73 Å². The van der Waals surface area contributed by atoms with Gasteiger partial charge in [-0.05, 0) is 37.0 Å². The molecule has 7 heteroatoms. The highest BCUT2D eigenvalue weighted by atomic mass is 35.5. The highest BCUT2D eigenvalue weighted by molar-refractivity contribution is 5.87. The van der Waals surface area contributed by atoms with Gasteiger partial charge in [-0.25, -0.2) is 0 Å². The van der Waals surface area contributed by atoms with Crippen LogP contribution in [0.4, 0.5) is 11.4 Å². The average molecular weight is 355 g/mol. The number of halogens is 1. The van der Waals surface area contributed by atoms with Gasteiger partial charge in [0.15, 0.2) is 0 Å². The second-order valence-corrected chi connectivity index (χ2v) is 5.97. The molecule has 24 heavy (non-hydrogen) atoms. The van der Waals surface area contributed by atoms with Gasteiger partial charge in [0.1, 0.15) is 0 Å². The number of carbonyl (C=O) groups is 2. The van der Waals surface area contributed by atoms with Gasteiger partial charge in [-0.3, -0.25) is 9.59 Å². The molecule has 0 unspecified atom stereocenters. The molecule has 0 aromatic heterocycles. The molecule has 0 radical (unpaired) electrons. The molecule has 1 heterocycles. The van der Waals surface area contributed by atoms with Crippen LogP contribution in [0.25, 0.3) is 0 Å². The van der Waals surface area contributed by atoms with Crippen LogP contribution >= 0.6 is 12.4 Å². The molecule has 0 saturated carbocycles. The number of benzene rings is 1.